The lowest BCUT2D eigenvalue weighted by Crippen LogP contribution is -2.49. The summed E-state index contributed by atoms with van der Waals surface area (Å²) in [6, 6.07) is 0.738. The Hall–Kier alpha value is -0.810. The molecule has 1 amide bonds. The molecule has 0 spiro atoms. The molecule has 0 aromatic carbocycles. The normalized spacial score (nSPS) is 29.4. The summed E-state index contributed by atoms with van der Waals surface area (Å²) < 4.78 is 5.00. The number of carbonyl (C=O) groups is 1. The highest BCUT2D eigenvalue weighted by Gasteiger charge is 2.27. The number of amides is 1. The Morgan fingerprint density at radius 3 is 2.48 bits per heavy atom. The molecule has 3 rings (SSSR count). The van der Waals surface area contributed by atoms with Crippen molar-refractivity contribution in [2.45, 2.75) is 44.6 Å². The SMILES string of the molecule is O=C1OCCN1CCN1CCCC(N2CCCCCC2)C1. The molecule has 0 saturated carbocycles. The van der Waals surface area contributed by atoms with Crippen LogP contribution in [0.2, 0.25) is 0 Å². The monoisotopic (exact) mass is 295 g/mol. The quantitative estimate of drug-likeness (QED) is 0.792. The molecule has 3 heterocycles. The fourth-order valence-corrected chi connectivity index (χ4v) is 3.88. The van der Waals surface area contributed by atoms with Crippen molar-refractivity contribution in [1.29, 1.82) is 0 Å². The van der Waals surface area contributed by atoms with Gasteiger partial charge in [-0.1, -0.05) is 12.8 Å². The predicted octanol–water partition coefficient (Wildman–Crippen LogP) is 1.78. The van der Waals surface area contributed by atoms with E-state index in [0.29, 0.717) is 6.61 Å². The van der Waals surface area contributed by atoms with Crippen LogP contribution in [0.3, 0.4) is 0 Å². The van der Waals surface area contributed by atoms with Crippen LogP contribution in [0.5, 0.6) is 0 Å². The minimum atomic E-state index is -0.129. The second-order valence-corrected chi connectivity index (χ2v) is 6.65. The van der Waals surface area contributed by atoms with Crippen molar-refractivity contribution in [3.05, 3.63) is 0 Å². The van der Waals surface area contributed by atoms with Gasteiger partial charge in [-0.25, -0.2) is 4.79 Å². The third-order valence-electron chi connectivity index (χ3n) is 5.17. The minimum absolute atomic E-state index is 0.129. The lowest BCUT2D eigenvalue weighted by atomic mass is 10.0. The van der Waals surface area contributed by atoms with Crippen molar-refractivity contribution < 1.29 is 9.53 Å². The molecule has 3 fully saturated rings. The van der Waals surface area contributed by atoms with Crippen molar-refractivity contribution in [2.75, 3.05) is 52.4 Å². The van der Waals surface area contributed by atoms with Gasteiger partial charge in [-0.3, -0.25) is 4.90 Å². The van der Waals surface area contributed by atoms with Crippen LogP contribution in [0.4, 0.5) is 4.79 Å². The number of piperidine rings is 1. The first-order valence-electron chi connectivity index (χ1n) is 8.71. The molecule has 1 atom stereocenters. The standard InChI is InChI=1S/C16H29N3O2/c20-16-19(12-13-21-16)11-10-17-7-5-6-15(14-17)18-8-3-1-2-4-9-18/h15H,1-14H2. The van der Waals surface area contributed by atoms with Gasteiger partial charge in [0.1, 0.15) is 6.61 Å². The van der Waals surface area contributed by atoms with Gasteiger partial charge in [0.15, 0.2) is 0 Å². The Balaban J connectivity index is 1.45. The van der Waals surface area contributed by atoms with Gasteiger partial charge >= 0.3 is 6.09 Å². The maximum Gasteiger partial charge on any atom is 0.409 e. The Morgan fingerprint density at radius 1 is 0.952 bits per heavy atom. The van der Waals surface area contributed by atoms with E-state index in [1.54, 1.807) is 0 Å². The highest BCUT2D eigenvalue weighted by atomic mass is 16.6. The molecule has 5 heteroatoms. The lowest BCUT2D eigenvalue weighted by molar-refractivity contribution is 0.0938. The van der Waals surface area contributed by atoms with Crippen LogP contribution in [0.25, 0.3) is 0 Å². The average molecular weight is 295 g/mol. The highest BCUT2D eigenvalue weighted by molar-refractivity contribution is 5.69. The number of hydrogen-bond donors (Lipinski definition) is 0. The molecular formula is C16H29N3O2. The molecule has 3 saturated heterocycles. The first kappa shape index (κ1) is 15.1. The molecule has 1 unspecified atom stereocenters. The fraction of sp³-hybridized carbons (Fsp3) is 0.938. The number of hydrogen-bond acceptors (Lipinski definition) is 4. The summed E-state index contributed by atoms with van der Waals surface area (Å²) in [6.07, 6.45) is 8.07. The topological polar surface area (TPSA) is 36.0 Å². The first-order chi connectivity index (χ1) is 10.3. The van der Waals surface area contributed by atoms with Gasteiger partial charge in [0.2, 0.25) is 0 Å². The Morgan fingerprint density at radius 2 is 1.76 bits per heavy atom. The molecule has 21 heavy (non-hydrogen) atoms. The van der Waals surface area contributed by atoms with Crippen LogP contribution in [-0.2, 0) is 4.74 Å². The first-order valence-corrected chi connectivity index (χ1v) is 8.71. The smallest absolute Gasteiger partial charge is 0.409 e. The second-order valence-electron chi connectivity index (χ2n) is 6.65. The largest absolute Gasteiger partial charge is 0.448 e. The lowest BCUT2D eigenvalue weighted by Gasteiger charge is -2.39. The maximum atomic E-state index is 11.5. The molecular weight excluding hydrogens is 266 g/mol. The van der Waals surface area contributed by atoms with Gasteiger partial charge in [-0.15, -0.1) is 0 Å². The van der Waals surface area contributed by atoms with E-state index in [1.165, 1.54) is 64.7 Å². The molecule has 0 bridgehead atoms. The van der Waals surface area contributed by atoms with Crippen molar-refractivity contribution in [1.82, 2.24) is 14.7 Å². The van der Waals surface area contributed by atoms with Crippen molar-refractivity contribution in [2.24, 2.45) is 0 Å². The van der Waals surface area contributed by atoms with Gasteiger partial charge in [0.25, 0.3) is 0 Å². The summed E-state index contributed by atoms with van der Waals surface area (Å²) in [7, 11) is 0. The number of ether oxygens (including phenoxy) is 1. The number of carbonyl (C=O) groups excluding carboxylic acids is 1. The van der Waals surface area contributed by atoms with E-state index in [4.69, 9.17) is 4.74 Å². The zero-order valence-electron chi connectivity index (χ0n) is 13.1. The van der Waals surface area contributed by atoms with Crippen molar-refractivity contribution >= 4 is 6.09 Å². The third kappa shape index (κ3) is 4.10. The summed E-state index contributed by atoms with van der Waals surface area (Å²) in [6.45, 7) is 8.10. The Kier molecular flexibility index (Phi) is 5.36. The number of rotatable bonds is 4. The molecule has 3 aliphatic heterocycles. The van der Waals surface area contributed by atoms with Crippen LogP contribution in [0, 0.1) is 0 Å². The van der Waals surface area contributed by atoms with Crippen LogP contribution in [0.1, 0.15) is 38.5 Å². The van der Waals surface area contributed by atoms with E-state index in [1.807, 2.05) is 4.90 Å². The zero-order valence-corrected chi connectivity index (χ0v) is 13.1. The van der Waals surface area contributed by atoms with Crippen LogP contribution in [0.15, 0.2) is 0 Å². The van der Waals surface area contributed by atoms with E-state index >= 15 is 0 Å². The summed E-state index contributed by atoms with van der Waals surface area (Å²) >= 11 is 0. The molecule has 120 valence electrons. The van der Waals surface area contributed by atoms with E-state index < -0.39 is 0 Å². The average Bonchev–Trinajstić information content (AvgIpc) is 2.77. The molecule has 0 N–H and O–H groups in total. The fourth-order valence-electron chi connectivity index (χ4n) is 3.88. The van der Waals surface area contributed by atoms with Crippen LogP contribution < -0.4 is 0 Å². The highest BCUT2D eigenvalue weighted by Crippen LogP contribution is 2.20. The van der Waals surface area contributed by atoms with Crippen LogP contribution >= 0.6 is 0 Å². The summed E-state index contributed by atoms with van der Waals surface area (Å²) in [4.78, 5) is 18.6. The van der Waals surface area contributed by atoms with Gasteiger partial charge in [0, 0.05) is 25.7 Å². The maximum absolute atomic E-state index is 11.5. The minimum Gasteiger partial charge on any atom is -0.448 e. The van der Waals surface area contributed by atoms with E-state index in [0.717, 1.165) is 25.7 Å². The third-order valence-corrected chi connectivity index (χ3v) is 5.17. The number of cyclic esters (lactones) is 1. The van der Waals surface area contributed by atoms with Gasteiger partial charge in [-0.2, -0.15) is 0 Å². The van der Waals surface area contributed by atoms with E-state index in [2.05, 4.69) is 9.80 Å². The molecule has 0 radical (unpaired) electrons. The van der Waals surface area contributed by atoms with Gasteiger partial charge < -0.3 is 14.5 Å². The van der Waals surface area contributed by atoms with Gasteiger partial charge in [-0.05, 0) is 45.3 Å². The van der Waals surface area contributed by atoms with Gasteiger partial charge in [0.05, 0.1) is 6.54 Å². The van der Waals surface area contributed by atoms with E-state index in [-0.39, 0.29) is 6.09 Å². The Labute approximate surface area is 128 Å². The molecule has 0 aromatic rings. The summed E-state index contributed by atoms with van der Waals surface area (Å²) in [5, 5.41) is 0. The summed E-state index contributed by atoms with van der Waals surface area (Å²) in [5.41, 5.74) is 0. The van der Waals surface area contributed by atoms with Crippen molar-refractivity contribution in [3.8, 4) is 0 Å². The van der Waals surface area contributed by atoms with Crippen molar-refractivity contribution in [3.63, 3.8) is 0 Å². The molecule has 3 aliphatic rings. The summed E-state index contributed by atoms with van der Waals surface area (Å²) in [5.74, 6) is 0. The second kappa shape index (κ2) is 7.45. The molecule has 0 aromatic heterocycles. The Bertz CT molecular complexity index is 342. The molecule has 0 aliphatic carbocycles. The number of nitrogens with zero attached hydrogens (tertiary/aromatic N) is 3. The predicted molar refractivity (Wildman–Crippen MR) is 82.4 cm³/mol. The van der Waals surface area contributed by atoms with Crippen LogP contribution in [-0.4, -0.2) is 79.3 Å². The number of likely N-dealkylation sites (tertiary alicyclic amines) is 2. The zero-order chi connectivity index (χ0) is 14.5. The molecule has 5 nitrogen and oxygen atoms in total. The van der Waals surface area contributed by atoms with E-state index in [9.17, 15) is 4.79 Å².